The fourth-order valence-corrected chi connectivity index (χ4v) is 4.62. The second kappa shape index (κ2) is 11.7. The van der Waals surface area contributed by atoms with Crippen LogP contribution in [0, 0.1) is 0 Å². The average Bonchev–Trinajstić information content (AvgIpc) is 3.29. The molecule has 1 amide bonds. The molecule has 0 saturated carbocycles. The minimum Gasteiger partial charge on any atom is -0.497 e. The Balaban J connectivity index is 1.53. The molecule has 0 bridgehead atoms. The number of thioether (sulfide) groups is 1. The summed E-state index contributed by atoms with van der Waals surface area (Å²) in [5.41, 5.74) is 2.64. The van der Waals surface area contributed by atoms with Crippen LogP contribution in [-0.2, 0) is 16.8 Å². The molecule has 7 nitrogen and oxygen atoms in total. The van der Waals surface area contributed by atoms with Crippen LogP contribution < -0.4 is 14.8 Å². The summed E-state index contributed by atoms with van der Waals surface area (Å²) < 4.78 is 13.1. The van der Waals surface area contributed by atoms with Gasteiger partial charge in [0.25, 0.3) is 0 Å². The fraction of sp³-hybridized carbons (Fsp3) is 0.250. The topological polar surface area (TPSA) is 78.3 Å². The van der Waals surface area contributed by atoms with Crippen molar-refractivity contribution in [3.8, 4) is 17.2 Å². The number of rotatable bonds is 9. The number of nitrogens with zero attached hydrogens (tertiary/aromatic N) is 3. The van der Waals surface area contributed by atoms with E-state index in [-0.39, 0.29) is 23.7 Å². The van der Waals surface area contributed by atoms with Gasteiger partial charge in [0, 0.05) is 16.4 Å². The largest absolute Gasteiger partial charge is 0.497 e. The summed E-state index contributed by atoms with van der Waals surface area (Å²) in [6, 6.07) is 22.6. The smallest absolute Gasteiger partial charge is 0.234 e. The third kappa shape index (κ3) is 6.84. The van der Waals surface area contributed by atoms with Crippen LogP contribution in [0.2, 0.25) is 5.02 Å². The summed E-state index contributed by atoms with van der Waals surface area (Å²) in [7, 11) is 1.62. The van der Waals surface area contributed by atoms with E-state index in [9.17, 15) is 4.79 Å². The number of aromatic nitrogens is 3. The Hall–Kier alpha value is -3.49. The Morgan fingerprint density at radius 2 is 1.65 bits per heavy atom. The molecular formula is C28H29ClN4O3S. The molecule has 0 aliphatic heterocycles. The van der Waals surface area contributed by atoms with Gasteiger partial charge in [-0.05, 0) is 65.6 Å². The normalized spacial score (nSPS) is 11.3. The molecule has 0 spiro atoms. The van der Waals surface area contributed by atoms with E-state index in [1.807, 2.05) is 53.1 Å². The van der Waals surface area contributed by atoms with Crippen LogP contribution in [-0.4, -0.2) is 33.5 Å². The van der Waals surface area contributed by atoms with Crippen molar-refractivity contribution in [2.75, 3.05) is 18.2 Å². The number of ether oxygens (including phenoxy) is 2. The molecule has 3 aromatic carbocycles. The summed E-state index contributed by atoms with van der Waals surface area (Å²) in [5.74, 6) is 2.05. The zero-order valence-corrected chi connectivity index (χ0v) is 22.8. The highest BCUT2D eigenvalue weighted by Gasteiger charge is 2.20. The van der Waals surface area contributed by atoms with Crippen molar-refractivity contribution in [1.82, 2.24) is 14.8 Å². The van der Waals surface area contributed by atoms with Crippen molar-refractivity contribution in [3.63, 3.8) is 0 Å². The summed E-state index contributed by atoms with van der Waals surface area (Å²) in [6.07, 6.45) is 0. The number of anilines is 1. The molecule has 4 rings (SSSR count). The number of para-hydroxylation sites is 1. The second-order valence-electron chi connectivity index (χ2n) is 9.31. The molecule has 0 aliphatic rings. The molecule has 37 heavy (non-hydrogen) atoms. The maximum atomic E-state index is 12.9. The molecule has 0 saturated heterocycles. The number of methoxy groups -OCH3 is 1. The van der Waals surface area contributed by atoms with E-state index in [0.29, 0.717) is 21.8 Å². The number of carbonyl (C=O) groups excluding carboxylic acids is 1. The number of hydrogen-bond acceptors (Lipinski definition) is 6. The lowest BCUT2D eigenvalue weighted by atomic mass is 9.86. The van der Waals surface area contributed by atoms with E-state index in [4.69, 9.17) is 21.1 Å². The minimum atomic E-state index is -0.120. The molecule has 0 atom stereocenters. The lowest BCUT2D eigenvalue weighted by Crippen LogP contribution is -2.20. The highest BCUT2D eigenvalue weighted by Crippen LogP contribution is 2.30. The number of carbonyl (C=O) groups is 1. The SMILES string of the molecule is COc1ccc(-n2c(COc3ccc(Cl)cc3)nnc2SCC(=O)Nc2ccccc2C(C)(C)C)cc1. The molecule has 1 aromatic heterocycles. The van der Waals surface area contributed by atoms with Crippen LogP contribution in [0.4, 0.5) is 5.69 Å². The van der Waals surface area contributed by atoms with Gasteiger partial charge in [-0.1, -0.05) is 62.3 Å². The number of benzene rings is 3. The Labute approximate surface area is 226 Å². The van der Waals surface area contributed by atoms with Gasteiger partial charge >= 0.3 is 0 Å². The first-order chi connectivity index (χ1) is 17.7. The molecule has 1 heterocycles. The highest BCUT2D eigenvalue weighted by molar-refractivity contribution is 7.99. The van der Waals surface area contributed by atoms with Crippen molar-refractivity contribution in [2.45, 2.75) is 37.9 Å². The van der Waals surface area contributed by atoms with Gasteiger partial charge in [0.05, 0.1) is 12.9 Å². The lowest BCUT2D eigenvalue weighted by Gasteiger charge is -2.23. The Morgan fingerprint density at radius 1 is 0.973 bits per heavy atom. The summed E-state index contributed by atoms with van der Waals surface area (Å²) >= 11 is 7.29. The quantitative estimate of drug-likeness (QED) is 0.245. The first-order valence-electron chi connectivity index (χ1n) is 11.7. The number of nitrogens with one attached hydrogen (secondary N) is 1. The molecule has 0 unspecified atom stereocenters. The minimum absolute atomic E-state index is 0.0927. The number of halogens is 1. The average molecular weight is 537 g/mol. The maximum Gasteiger partial charge on any atom is 0.234 e. The van der Waals surface area contributed by atoms with Crippen LogP contribution in [0.15, 0.2) is 78.0 Å². The summed E-state index contributed by atoms with van der Waals surface area (Å²) in [5, 5.41) is 13.0. The Morgan fingerprint density at radius 3 is 2.32 bits per heavy atom. The van der Waals surface area contributed by atoms with Gasteiger partial charge in [-0.25, -0.2) is 0 Å². The van der Waals surface area contributed by atoms with Crippen LogP contribution in [0.5, 0.6) is 11.5 Å². The van der Waals surface area contributed by atoms with Crippen molar-refractivity contribution in [2.24, 2.45) is 0 Å². The Kier molecular flexibility index (Phi) is 8.41. The van der Waals surface area contributed by atoms with Crippen LogP contribution in [0.3, 0.4) is 0 Å². The van der Waals surface area contributed by atoms with Crippen LogP contribution >= 0.6 is 23.4 Å². The zero-order valence-electron chi connectivity index (χ0n) is 21.2. The predicted octanol–water partition coefficient (Wildman–Crippen LogP) is 6.54. The molecule has 4 aromatic rings. The summed E-state index contributed by atoms with van der Waals surface area (Å²) in [4.78, 5) is 12.9. The molecule has 0 radical (unpaired) electrons. The van der Waals surface area contributed by atoms with E-state index in [0.717, 1.165) is 22.7 Å². The van der Waals surface area contributed by atoms with Crippen LogP contribution in [0.1, 0.15) is 32.2 Å². The van der Waals surface area contributed by atoms with Crippen molar-refractivity contribution >= 4 is 35.0 Å². The van der Waals surface area contributed by atoms with Crippen molar-refractivity contribution in [3.05, 3.63) is 89.2 Å². The maximum absolute atomic E-state index is 12.9. The van der Waals surface area contributed by atoms with Gasteiger partial charge in [-0.15, -0.1) is 10.2 Å². The van der Waals surface area contributed by atoms with Gasteiger partial charge in [0.2, 0.25) is 5.91 Å². The van der Waals surface area contributed by atoms with Gasteiger partial charge in [0.15, 0.2) is 11.0 Å². The summed E-state index contributed by atoms with van der Waals surface area (Å²) in [6.45, 7) is 6.56. The molecule has 192 valence electrons. The standard InChI is InChI=1S/C28H29ClN4O3S/c1-28(2,3)23-7-5-6-8-24(23)30-26(34)18-37-27-32-31-25(17-36-22-13-9-19(29)10-14-22)33(27)20-11-15-21(35-4)16-12-20/h5-16H,17-18H2,1-4H3,(H,30,34). The number of amides is 1. The van der Waals surface area contributed by atoms with E-state index in [1.165, 1.54) is 11.8 Å². The molecule has 9 heteroatoms. The Bertz CT molecular complexity index is 1350. The van der Waals surface area contributed by atoms with E-state index in [1.54, 1.807) is 31.4 Å². The van der Waals surface area contributed by atoms with Gasteiger partial charge < -0.3 is 14.8 Å². The highest BCUT2D eigenvalue weighted by atomic mass is 35.5. The number of hydrogen-bond donors (Lipinski definition) is 1. The monoisotopic (exact) mass is 536 g/mol. The van der Waals surface area contributed by atoms with E-state index < -0.39 is 0 Å². The first-order valence-corrected chi connectivity index (χ1v) is 13.1. The molecule has 1 N–H and O–H groups in total. The van der Waals surface area contributed by atoms with Gasteiger partial charge in [0.1, 0.15) is 18.1 Å². The van der Waals surface area contributed by atoms with Gasteiger partial charge in [-0.3, -0.25) is 9.36 Å². The van der Waals surface area contributed by atoms with Crippen molar-refractivity contribution in [1.29, 1.82) is 0 Å². The van der Waals surface area contributed by atoms with Gasteiger partial charge in [-0.2, -0.15) is 0 Å². The van der Waals surface area contributed by atoms with E-state index >= 15 is 0 Å². The second-order valence-corrected chi connectivity index (χ2v) is 10.7. The van der Waals surface area contributed by atoms with Crippen molar-refractivity contribution < 1.29 is 14.3 Å². The zero-order chi connectivity index (χ0) is 26.4. The first kappa shape index (κ1) is 26.6. The van der Waals surface area contributed by atoms with E-state index in [2.05, 4.69) is 36.3 Å². The molecular weight excluding hydrogens is 508 g/mol. The fourth-order valence-electron chi connectivity index (χ4n) is 3.72. The lowest BCUT2D eigenvalue weighted by molar-refractivity contribution is -0.113. The third-order valence-electron chi connectivity index (χ3n) is 5.55. The van der Waals surface area contributed by atoms with Crippen LogP contribution in [0.25, 0.3) is 5.69 Å². The third-order valence-corrected chi connectivity index (χ3v) is 6.74. The molecule has 0 fully saturated rings. The molecule has 0 aliphatic carbocycles. The predicted molar refractivity (Wildman–Crippen MR) is 148 cm³/mol.